The first kappa shape index (κ1) is 35.8. The molecule has 8 heteroatoms. The molecule has 274 valence electrons. The normalized spacial score (nSPS) is 15.6. The van der Waals surface area contributed by atoms with Crippen molar-refractivity contribution in [2.24, 2.45) is 7.05 Å². The molecule has 0 unspecified atom stereocenters. The minimum Gasteiger partial charge on any atom is -0.201 e. The number of allylic oxidation sites excluding steroid dienone is 2. The molecule has 0 amide bonds. The van der Waals surface area contributed by atoms with Gasteiger partial charge < -0.3 is 0 Å². The fourth-order valence-corrected chi connectivity index (χ4v) is 8.48. The van der Waals surface area contributed by atoms with E-state index in [4.69, 9.17) is 0 Å². The molecule has 0 saturated heterocycles. The van der Waals surface area contributed by atoms with Gasteiger partial charge in [-0.25, -0.2) is 4.57 Å². The highest BCUT2D eigenvalue weighted by atomic mass is 19.4. The molecule has 2 aromatic heterocycles. The number of pyridine rings is 2. The lowest BCUT2D eigenvalue weighted by molar-refractivity contribution is -0.660. The molecule has 0 radical (unpaired) electrons. The van der Waals surface area contributed by atoms with Crippen LogP contribution in [0.2, 0.25) is 0 Å². The third-order valence-corrected chi connectivity index (χ3v) is 11.3. The summed E-state index contributed by atoms with van der Waals surface area (Å²) < 4.78 is 97.3. The number of aryl methyl sites for hydroxylation is 3. The van der Waals surface area contributed by atoms with Crippen molar-refractivity contribution >= 4 is 16.5 Å². The van der Waals surface area contributed by atoms with Crippen molar-refractivity contribution in [1.29, 1.82) is 0 Å². The first-order valence-electron chi connectivity index (χ1n) is 18.1. The largest absolute Gasteiger partial charge is 0.411 e. The van der Waals surface area contributed by atoms with E-state index in [0.717, 1.165) is 39.2 Å². The predicted octanol–water partition coefficient (Wildman–Crippen LogP) is 11.2. The van der Waals surface area contributed by atoms with Crippen molar-refractivity contribution in [2.75, 3.05) is 0 Å². The third-order valence-electron chi connectivity index (χ3n) is 11.3. The van der Waals surface area contributed by atoms with Crippen molar-refractivity contribution in [1.82, 2.24) is 0 Å². The lowest BCUT2D eigenvalue weighted by Gasteiger charge is -2.36. The predicted molar refractivity (Wildman–Crippen MR) is 201 cm³/mol. The molecule has 3 heterocycles. The molecule has 2 nitrogen and oxygen atoms in total. The summed E-state index contributed by atoms with van der Waals surface area (Å²) in [6, 6.07) is 26.2. The van der Waals surface area contributed by atoms with Crippen LogP contribution in [-0.4, -0.2) is 12.4 Å². The number of alkyl halides is 6. The monoisotopic (exact) mass is 734 g/mol. The summed E-state index contributed by atoms with van der Waals surface area (Å²) >= 11 is 0. The Morgan fingerprint density at radius 1 is 0.704 bits per heavy atom. The number of hydrogen-bond acceptors (Lipinski definition) is 0. The molecule has 0 N–H and O–H groups in total. The molecular formula is C46H40F6N2+2. The molecule has 2 aliphatic rings. The second-order valence-corrected chi connectivity index (χ2v) is 15.9. The molecule has 0 fully saturated rings. The van der Waals surface area contributed by atoms with Gasteiger partial charge in [0, 0.05) is 29.3 Å². The summed E-state index contributed by atoms with van der Waals surface area (Å²) in [4.78, 5) is 0. The number of benzene rings is 4. The van der Waals surface area contributed by atoms with Gasteiger partial charge in [-0.3, -0.25) is 0 Å². The van der Waals surface area contributed by atoms with Crippen LogP contribution in [0.3, 0.4) is 0 Å². The summed E-state index contributed by atoms with van der Waals surface area (Å²) in [6.45, 7) is 10.4. The Balaban J connectivity index is 1.36. The van der Waals surface area contributed by atoms with Crippen LogP contribution >= 0.6 is 0 Å². The number of nitrogens with zero attached hydrogens (tertiary/aromatic N) is 2. The molecule has 0 atom stereocenters. The van der Waals surface area contributed by atoms with Crippen molar-refractivity contribution < 1.29 is 35.5 Å². The van der Waals surface area contributed by atoms with Crippen molar-refractivity contribution in [3.05, 3.63) is 148 Å². The zero-order chi connectivity index (χ0) is 38.5. The molecule has 0 spiro atoms. The minimum absolute atomic E-state index is 0.0432. The Labute approximate surface area is 311 Å². The van der Waals surface area contributed by atoms with Gasteiger partial charge in [0.2, 0.25) is 16.8 Å². The van der Waals surface area contributed by atoms with Crippen LogP contribution in [0.1, 0.15) is 59.7 Å². The Kier molecular flexibility index (Phi) is 8.04. The summed E-state index contributed by atoms with van der Waals surface area (Å²) in [6.07, 6.45) is -4.54. The zero-order valence-corrected chi connectivity index (χ0v) is 31.0. The average molecular weight is 735 g/mol. The van der Waals surface area contributed by atoms with Crippen LogP contribution in [0.5, 0.6) is 0 Å². The van der Waals surface area contributed by atoms with E-state index in [0.29, 0.717) is 28.6 Å². The summed E-state index contributed by atoms with van der Waals surface area (Å²) in [5.74, 6) is 0. The maximum atomic E-state index is 15.5. The molecule has 0 saturated carbocycles. The maximum Gasteiger partial charge on any atom is 0.411 e. The van der Waals surface area contributed by atoms with E-state index in [9.17, 15) is 0 Å². The maximum absolute atomic E-state index is 15.5. The van der Waals surface area contributed by atoms with E-state index in [1.807, 2.05) is 45.3 Å². The number of hydrogen-bond donors (Lipinski definition) is 0. The van der Waals surface area contributed by atoms with Gasteiger partial charge in [-0.2, -0.15) is 30.9 Å². The van der Waals surface area contributed by atoms with Crippen molar-refractivity contribution in [3.63, 3.8) is 0 Å². The van der Waals surface area contributed by atoms with E-state index in [-0.39, 0.29) is 28.3 Å². The summed E-state index contributed by atoms with van der Waals surface area (Å²) in [5, 5.41) is 0.266. The van der Waals surface area contributed by atoms with Crippen LogP contribution in [0.25, 0.3) is 50.1 Å². The Morgan fingerprint density at radius 2 is 1.43 bits per heavy atom. The fraction of sp³-hybridized carbons (Fsp3) is 0.261. The first-order valence-corrected chi connectivity index (χ1v) is 18.1. The molecule has 1 aliphatic carbocycles. The molecule has 54 heavy (non-hydrogen) atoms. The van der Waals surface area contributed by atoms with Gasteiger partial charge in [0.1, 0.15) is 7.05 Å². The Hall–Kier alpha value is -5.24. The van der Waals surface area contributed by atoms with Crippen molar-refractivity contribution in [3.8, 4) is 33.6 Å². The van der Waals surface area contributed by atoms with Crippen LogP contribution in [0, 0.1) is 13.8 Å². The molecule has 1 aliphatic heterocycles. The SMILES string of the molecule is Cc1ccc(C/C=C2/Cc3cc4c(cc3-c3ccc(C(C)(C)C)c[n+]32)-c2ccc3ccccc3c2C4(C(F)(F)F)C(F)(F)F)c(-c2cc(C)cc[n+]2C)c1. The van der Waals surface area contributed by atoms with E-state index in [2.05, 4.69) is 66.4 Å². The minimum atomic E-state index is -5.67. The number of fused-ring (bicyclic) bond motifs is 8. The number of aromatic nitrogens is 2. The lowest BCUT2D eigenvalue weighted by Crippen LogP contribution is -2.53. The second kappa shape index (κ2) is 12.1. The van der Waals surface area contributed by atoms with Crippen LogP contribution < -0.4 is 9.13 Å². The highest BCUT2D eigenvalue weighted by molar-refractivity contribution is 5.99. The highest BCUT2D eigenvalue weighted by Crippen LogP contribution is 2.65. The van der Waals surface area contributed by atoms with E-state index in [1.165, 1.54) is 24.3 Å². The van der Waals surface area contributed by atoms with Gasteiger partial charge >= 0.3 is 12.4 Å². The standard InChI is InChI=1S/C46H40F6N2/c1-27-11-12-30(36(21-27)41-22-28(2)19-20-53(41)6)13-16-33-23-31-24-39-38(25-37(31)40-18-15-32(26-54(33)40)43(3,4)5)35-17-14-29-9-7-8-10-34(29)42(35)44(39,45(47,48)49)46(50,51)52/h7-12,14-22,24-26H,13,23H2,1-6H3/q+2/b33-16-. The van der Waals surface area contributed by atoms with E-state index >= 15 is 26.3 Å². The van der Waals surface area contributed by atoms with Gasteiger partial charge in [0.05, 0.1) is 12.0 Å². The van der Waals surface area contributed by atoms with Gasteiger partial charge in [-0.1, -0.05) is 80.9 Å². The van der Waals surface area contributed by atoms with Crippen LogP contribution in [0.4, 0.5) is 26.3 Å². The Morgan fingerprint density at radius 3 is 2.15 bits per heavy atom. The van der Waals surface area contributed by atoms with Gasteiger partial charge in [-0.05, 0) is 99.7 Å². The number of rotatable bonds is 3. The van der Waals surface area contributed by atoms with Gasteiger partial charge in [0.15, 0.2) is 18.1 Å². The highest BCUT2D eigenvalue weighted by Gasteiger charge is 2.76. The topological polar surface area (TPSA) is 7.76 Å². The quantitative estimate of drug-likeness (QED) is 0.126. The van der Waals surface area contributed by atoms with Crippen LogP contribution in [0.15, 0.2) is 109 Å². The average Bonchev–Trinajstić information content (AvgIpc) is 3.42. The van der Waals surface area contributed by atoms with E-state index < -0.39 is 28.9 Å². The zero-order valence-electron chi connectivity index (χ0n) is 31.0. The number of halogens is 6. The first-order chi connectivity index (χ1) is 25.4. The summed E-state index contributed by atoms with van der Waals surface area (Å²) in [7, 11) is 2.00. The fourth-order valence-electron chi connectivity index (χ4n) is 8.48. The third kappa shape index (κ3) is 5.39. The molecule has 0 bridgehead atoms. The molecular weight excluding hydrogens is 695 g/mol. The van der Waals surface area contributed by atoms with Crippen molar-refractivity contribution in [2.45, 2.75) is 70.6 Å². The Bertz CT molecular complexity index is 2540. The smallest absolute Gasteiger partial charge is 0.201 e. The van der Waals surface area contributed by atoms with Crippen LogP contribution in [-0.2, 0) is 30.7 Å². The summed E-state index contributed by atoms with van der Waals surface area (Å²) in [5.41, 5.74) is 2.96. The molecule has 6 aromatic rings. The lowest BCUT2D eigenvalue weighted by atomic mass is 9.74. The molecule has 4 aromatic carbocycles. The van der Waals surface area contributed by atoms with E-state index in [1.54, 1.807) is 24.3 Å². The second-order valence-electron chi connectivity index (χ2n) is 15.9. The molecule has 8 rings (SSSR count). The van der Waals surface area contributed by atoms with Gasteiger partial charge in [0.25, 0.3) is 0 Å². The van der Waals surface area contributed by atoms with Gasteiger partial charge in [-0.15, -0.1) is 0 Å².